The van der Waals surface area contributed by atoms with E-state index in [1.807, 2.05) is 66.8 Å². The van der Waals surface area contributed by atoms with E-state index in [1.165, 1.54) is 21.1 Å². The minimum absolute atomic E-state index is 0.0577. The van der Waals surface area contributed by atoms with Crippen molar-refractivity contribution < 1.29 is 19.2 Å². The minimum atomic E-state index is -0.899. The molecule has 1 aliphatic rings. The van der Waals surface area contributed by atoms with E-state index in [0.717, 1.165) is 16.9 Å². The van der Waals surface area contributed by atoms with Gasteiger partial charge < -0.3 is 15.1 Å². The number of carbonyl (C=O) groups excluding carboxylic acids is 4. The van der Waals surface area contributed by atoms with Crippen LogP contribution in [0.3, 0.4) is 0 Å². The van der Waals surface area contributed by atoms with Crippen LogP contribution < -0.4 is 15.1 Å². The van der Waals surface area contributed by atoms with Crippen LogP contribution in [0.4, 0.5) is 17.1 Å². The van der Waals surface area contributed by atoms with Crippen molar-refractivity contribution in [2.45, 2.75) is 19.5 Å². The van der Waals surface area contributed by atoms with E-state index in [2.05, 4.69) is 5.32 Å². The summed E-state index contributed by atoms with van der Waals surface area (Å²) in [4.78, 5) is 61.7. The number of aromatic nitrogens is 1. The van der Waals surface area contributed by atoms with Gasteiger partial charge >= 0.3 is 0 Å². The fraction of sp³-hybridized carbons (Fsp3) is 0.194. The highest BCUT2D eigenvalue weighted by Gasteiger charge is 2.38. The Hall–Kier alpha value is -4.83. The zero-order valence-electron chi connectivity index (χ0n) is 22.9. The minimum Gasteiger partial charge on any atom is -0.378 e. The third kappa shape index (κ3) is 5.87. The predicted octanol–water partition coefficient (Wildman–Crippen LogP) is 4.46. The number of Topliss-reactive ketones (excluding diaryl/α,β-unsaturated/α-hetero) is 1. The Morgan fingerprint density at radius 3 is 2.34 bits per heavy atom. The van der Waals surface area contributed by atoms with E-state index in [1.54, 1.807) is 43.3 Å². The zero-order valence-corrected chi connectivity index (χ0v) is 23.7. The van der Waals surface area contributed by atoms with Gasteiger partial charge in [0.15, 0.2) is 0 Å². The number of thiazole rings is 1. The van der Waals surface area contributed by atoms with Crippen LogP contribution in [-0.2, 0) is 20.9 Å². The second kappa shape index (κ2) is 11.7. The van der Waals surface area contributed by atoms with E-state index >= 15 is 0 Å². The lowest BCUT2D eigenvalue weighted by molar-refractivity contribution is -0.138. The van der Waals surface area contributed by atoms with Crippen molar-refractivity contribution in [1.82, 2.24) is 9.88 Å². The molecule has 0 aliphatic carbocycles. The van der Waals surface area contributed by atoms with Gasteiger partial charge in [-0.05, 0) is 43.3 Å². The molecule has 0 radical (unpaired) electrons. The lowest BCUT2D eigenvalue weighted by atomic mass is 10.1. The molecular weight excluding hydrogens is 538 g/mol. The van der Waals surface area contributed by atoms with Gasteiger partial charge in [-0.15, -0.1) is 11.3 Å². The molecule has 0 fully saturated rings. The van der Waals surface area contributed by atoms with Gasteiger partial charge in [0.05, 0.1) is 23.5 Å². The summed E-state index contributed by atoms with van der Waals surface area (Å²) in [6.45, 7) is 1.31. The lowest BCUT2D eigenvalue weighted by Crippen LogP contribution is -2.49. The highest BCUT2D eigenvalue weighted by molar-refractivity contribution is 7.09. The summed E-state index contributed by atoms with van der Waals surface area (Å²) in [6, 6.07) is 22.7. The van der Waals surface area contributed by atoms with E-state index in [0.29, 0.717) is 16.4 Å². The Labute approximate surface area is 242 Å². The van der Waals surface area contributed by atoms with Gasteiger partial charge in [-0.2, -0.15) is 0 Å². The number of hydrogen-bond donors (Lipinski definition) is 1. The summed E-state index contributed by atoms with van der Waals surface area (Å²) in [5.74, 6) is -2.29. The fourth-order valence-electron chi connectivity index (χ4n) is 4.57. The van der Waals surface area contributed by atoms with Crippen molar-refractivity contribution in [1.29, 1.82) is 0 Å². The summed E-state index contributed by atoms with van der Waals surface area (Å²) in [7, 11) is 3.86. The van der Waals surface area contributed by atoms with Crippen LogP contribution in [0, 0.1) is 0 Å². The van der Waals surface area contributed by atoms with Gasteiger partial charge in [0.1, 0.15) is 17.6 Å². The predicted molar refractivity (Wildman–Crippen MR) is 160 cm³/mol. The molecule has 208 valence electrons. The monoisotopic (exact) mass is 567 g/mol. The number of benzene rings is 3. The molecule has 3 aromatic carbocycles. The van der Waals surface area contributed by atoms with Crippen molar-refractivity contribution in [3.63, 3.8) is 0 Å². The maximum absolute atomic E-state index is 13.8. The second-order valence-corrected chi connectivity index (χ2v) is 10.8. The lowest BCUT2D eigenvalue weighted by Gasteiger charge is -2.29. The number of nitrogens with one attached hydrogen (secondary N) is 1. The van der Waals surface area contributed by atoms with Crippen LogP contribution in [0.25, 0.3) is 11.3 Å². The van der Waals surface area contributed by atoms with Crippen LogP contribution in [0.15, 0.2) is 84.2 Å². The molecule has 1 atom stereocenters. The molecule has 1 unspecified atom stereocenters. The van der Waals surface area contributed by atoms with E-state index in [9.17, 15) is 19.2 Å². The first kappa shape index (κ1) is 27.7. The number of ketones is 1. The number of carbonyl (C=O) groups is 4. The first-order valence-electron chi connectivity index (χ1n) is 13.1. The molecule has 1 N–H and O–H groups in total. The Balaban J connectivity index is 1.39. The Bertz CT molecular complexity index is 1600. The van der Waals surface area contributed by atoms with Crippen LogP contribution in [0.5, 0.6) is 0 Å². The number of nitrogens with zero attached hydrogens (tertiary/aromatic N) is 4. The molecule has 2 heterocycles. The summed E-state index contributed by atoms with van der Waals surface area (Å²) in [5, 5.41) is 5.42. The van der Waals surface area contributed by atoms with E-state index in [4.69, 9.17) is 4.98 Å². The van der Waals surface area contributed by atoms with Crippen molar-refractivity contribution >= 4 is 51.9 Å². The third-order valence-corrected chi connectivity index (χ3v) is 7.75. The van der Waals surface area contributed by atoms with Crippen molar-refractivity contribution in [3.05, 3.63) is 94.8 Å². The van der Waals surface area contributed by atoms with Gasteiger partial charge in [0.2, 0.25) is 11.8 Å². The van der Waals surface area contributed by atoms with Crippen molar-refractivity contribution in [2.24, 2.45) is 0 Å². The molecule has 0 bridgehead atoms. The molecule has 1 aliphatic heterocycles. The molecule has 3 amide bonds. The number of rotatable bonds is 9. The van der Waals surface area contributed by atoms with Crippen LogP contribution >= 0.6 is 11.3 Å². The summed E-state index contributed by atoms with van der Waals surface area (Å²) < 4.78 is 0. The molecule has 0 spiro atoms. The summed E-state index contributed by atoms with van der Waals surface area (Å²) in [6.07, 6.45) is 0. The smallest absolute Gasteiger partial charge is 0.299 e. The average molecular weight is 568 g/mol. The average Bonchev–Trinajstić information content (AvgIpc) is 3.55. The molecule has 9 nitrogen and oxygen atoms in total. The number of fused-ring (bicyclic) bond motifs is 1. The third-order valence-electron chi connectivity index (χ3n) is 6.92. The standard InChI is InChI=1S/C31H29N5O4S/c1-20(30(39)32-22-13-15-23(16-14-22)34(2)3)35(17-27-33-25(19-41-27)21-9-5-4-6-10-21)28(37)18-36-26-12-8-7-11-24(26)29(38)31(36)40/h4-16,19-20H,17-18H2,1-3H3,(H,32,39). The quantitative estimate of drug-likeness (QED) is 0.300. The second-order valence-electron chi connectivity index (χ2n) is 9.86. The highest BCUT2D eigenvalue weighted by atomic mass is 32.1. The highest BCUT2D eigenvalue weighted by Crippen LogP contribution is 2.29. The molecular formula is C31H29N5O4S. The molecule has 4 aromatic rings. The van der Waals surface area contributed by atoms with Crippen molar-refractivity contribution in [3.8, 4) is 11.3 Å². The molecule has 0 saturated carbocycles. The number of hydrogen-bond acceptors (Lipinski definition) is 7. The Morgan fingerprint density at radius 2 is 1.63 bits per heavy atom. The van der Waals surface area contributed by atoms with Gasteiger partial charge in [-0.3, -0.25) is 24.1 Å². The topological polar surface area (TPSA) is 103 Å². The normalized spacial score (nSPS) is 13.1. The van der Waals surface area contributed by atoms with E-state index in [-0.39, 0.29) is 24.6 Å². The SMILES string of the molecule is CC(C(=O)Nc1ccc(N(C)C)cc1)N(Cc1nc(-c2ccccc2)cs1)C(=O)CN1C(=O)C(=O)c2ccccc21. The maximum Gasteiger partial charge on any atom is 0.299 e. The van der Waals surface area contributed by atoms with Gasteiger partial charge in [0, 0.05) is 36.4 Å². The molecule has 1 aromatic heterocycles. The molecule has 10 heteroatoms. The van der Waals surface area contributed by atoms with Crippen molar-refractivity contribution in [2.75, 3.05) is 35.8 Å². The molecule has 0 saturated heterocycles. The van der Waals surface area contributed by atoms with E-state index < -0.39 is 23.6 Å². The number of para-hydroxylation sites is 1. The fourth-order valence-corrected chi connectivity index (χ4v) is 5.38. The zero-order chi connectivity index (χ0) is 29.1. The van der Waals surface area contributed by atoms with Crippen LogP contribution in [0.1, 0.15) is 22.3 Å². The first-order chi connectivity index (χ1) is 19.7. The Kier molecular flexibility index (Phi) is 7.93. The summed E-state index contributed by atoms with van der Waals surface area (Å²) >= 11 is 1.38. The molecule has 5 rings (SSSR count). The largest absolute Gasteiger partial charge is 0.378 e. The number of anilines is 3. The van der Waals surface area contributed by atoms with Gasteiger partial charge in [0.25, 0.3) is 11.7 Å². The molecule has 41 heavy (non-hydrogen) atoms. The maximum atomic E-state index is 13.8. The van der Waals surface area contributed by atoms with Gasteiger partial charge in [-0.1, -0.05) is 42.5 Å². The van der Waals surface area contributed by atoms with Crippen LogP contribution in [0.2, 0.25) is 0 Å². The summed E-state index contributed by atoms with van der Waals surface area (Å²) in [5.41, 5.74) is 3.93. The Morgan fingerprint density at radius 1 is 0.951 bits per heavy atom. The van der Waals surface area contributed by atoms with Gasteiger partial charge in [-0.25, -0.2) is 4.98 Å². The van der Waals surface area contributed by atoms with Crippen LogP contribution in [-0.4, -0.2) is 60.1 Å². The number of amides is 3. The first-order valence-corrected chi connectivity index (χ1v) is 13.9.